The predicted octanol–water partition coefficient (Wildman–Crippen LogP) is 3.06. The first-order valence-electron chi connectivity index (χ1n) is 7.31. The Hall–Kier alpha value is -1.26. The van der Waals surface area contributed by atoms with E-state index in [0.717, 1.165) is 30.0 Å². The summed E-state index contributed by atoms with van der Waals surface area (Å²) in [6.07, 6.45) is 6.27. The van der Waals surface area contributed by atoms with Crippen LogP contribution in [0, 0.1) is 0 Å². The van der Waals surface area contributed by atoms with Crippen LogP contribution in [0.5, 0.6) is 0 Å². The van der Waals surface area contributed by atoms with E-state index in [1.54, 1.807) is 0 Å². The number of nitrogens with two attached hydrogens (primary N) is 1. The maximum Gasteiger partial charge on any atom is 0.245 e. The first-order chi connectivity index (χ1) is 9.66. The molecular formula is C15H20ClN3O. The normalized spacial score (nSPS) is 23.0. The zero-order valence-corrected chi connectivity index (χ0v) is 12.2. The zero-order valence-electron chi connectivity index (χ0n) is 11.5. The van der Waals surface area contributed by atoms with Crippen molar-refractivity contribution >= 4 is 28.9 Å². The summed E-state index contributed by atoms with van der Waals surface area (Å²) in [6.45, 7) is 2.05. The lowest BCUT2D eigenvalue weighted by molar-refractivity contribution is -0.116. The number of halogens is 1. The van der Waals surface area contributed by atoms with Gasteiger partial charge in [0.25, 0.3) is 0 Å². The van der Waals surface area contributed by atoms with Crippen molar-refractivity contribution in [2.45, 2.75) is 38.1 Å². The first kappa shape index (κ1) is 13.7. The topological polar surface area (TPSA) is 58.4 Å². The molecule has 0 aliphatic carbocycles. The van der Waals surface area contributed by atoms with E-state index in [0.29, 0.717) is 5.02 Å². The molecule has 0 saturated carbocycles. The molecule has 1 atom stereocenters. The SMILES string of the molecule is NC1C(=O)Nc2cc(N3CCCCCCC3)c(Cl)cc21. The number of rotatable bonds is 1. The van der Waals surface area contributed by atoms with Gasteiger partial charge in [0.05, 0.1) is 10.7 Å². The Morgan fingerprint density at radius 3 is 2.50 bits per heavy atom. The summed E-state index contributed by atoms with van der Waals surface area (Å²) in [5.41, 5.74) is 8.48. The molecule has 0 bridgehead atoms. The number of fused-ring (bicyclic) bond motifs is 1. The van der Waals surface area contributed by atoms with Crippen molar-refractivity contribution in [2.75, 3.05) is 23.3 Å². The van der Waals surface area contributed by atoms with Crippen LogP contribution in [-0.2, 0) is 4.79 Å². The maximum atomic E-state index is 11.6. The fourth-order valence-corrected chi connectivity index (χ4v) is 3.32. The highest BCUT2D eigenvalue weighted by Crippen LogP contribution is 2.38. The largest absolute Gasteiger partial charge is 0.370 e. The number of hydrogen-bond donors (Lipinski definition) is 2. The highest BCUT2D eigenvalue weighted by Gasteiger charge is 2.29. The van der Waals surface area contributed by atoms with Gasteiger partial charge in [-0.2, -0.15) is 0 Å². The van der Waals surface area contributed by atoms with Crippen LogP contribution < -0.4 is 16.0 Å². The van der Waals surface area contributed by atoms with Gasteiger partial charge in [-0.15, -0.1) is 0 Å². The number of anilines is 2. The summed E-state index contributed by atoms with van der Waals surface area (Å²) >= 11 is 6.41. The molecule has 2 aliphatic rings. The van der Waals surface area contributed by atoms with Gasteiger partial charge in [-0.1, -0.05) is 30.9 Å². The third-order valence-electron chi connectivity index (χ3n) is 4.19. The van der Waals surface area contributed by atoms with Crippen molar-refractivity contribution < 1.29 is 4.79 Å². The number of amides is 1. The molecule has 2 heterocycles. The number of carbonyl (C=O) groups is 1. The van der Waals surface area contributed by atoms with Crippen molar-refractivity contribution in [1.82, 2.24) is 0 Å². The summed E-state index contributed by atoms with van der Waals surface area (Å²) < 4.78 is 0. The Bertz CT molecular complexity index is 524. The minimum atomic E-state index is -0.594. The maximum absolute atomic E-state index is 11.6. The summed E-state index contributed by atoms with van der Waals surface area (Å²) in [6, 6.07) is 3.22. The van der Waals surface area contributed by atoms with Crippen LogP contribution in [0.4, 0.5) is 11.4 Å². The first-order valence-corrected chi connectivity index (χ1v) is 7.69. The highest BCUT2D eigenvalue weighted by molar-refractivity contribution is 6.33. The van der Waals surface area contributed by atoms with Crippen molar-refractivity contribution in [2.24, 2.45) is 5.73 Å². The molecule has 1 aromatic rings. The van der Waals surface area contributed by atoms with Crippen molar-refractivity contribution in [3.8, 4) is 0 Å². The van der Waals surface area contributed by atoms with Crippen LogP contribution in [0.15, 0.2) is 12.1 Å². The fraction of sp³-hybridized carbons (Fsp3) is 0.533. The minimum absolute atomic E-state index is 0.152. The average Bonchev–Trinajstić information content (AvgIpc) is 2.65. The van der Waals surface area contributed by atoms with E-state index >= 15 is 0 Å². The third kappa shape index (κ3) is 2.50. The molecule has 2 aliphatic heterocycles. The summed E-state index contributed by atoms with van der Waals surface area (Å²) in [5, 5.41) is 3.52. The quantitative estimate of drug-likeness (QED) is 0.836. The van der Waals surface area contributed by atoms with Crippen LogP contribution in [0.2, 0.25) is 5.02 Å². The lowest BCUT2D eigenvalue weighted by Crippen LogP contribution is -2.27. The molecule has 0 spiro atoms. The molecule has 1 aromatic carbocycles. The molecule has 1 fully saturated rings. The second-order valence-electron chi connectivity index (χ2n) is 5.61. The Balaban J connectivity index is 1.90. The lowest BCUT2D eigenvalue weighted by Gasteiger charge is -2.28. The van der Waals surface area contributed by atoms with E-state index in [9.17, 15) is 4.79 Å². The van der Waals surface area contributed by atoms with Crippen LogP contribution in [0.1, 0.15) is 43.7 Å². The number of carbonyl (C=O) groups excluding carboxylic acids is 1. The molecule has 0 aromatic heterocycles. The Kier molecular flexibility index (Phi) is 3.85. The second-order valence-corrected chi connectivity index (χ2v) is 6.02. The van der Waals surface area contributed by atoms with Crippen LogP contribution in [-0.4, -0.2) is 19.0 Å². The number of hydrogen-bond acceptors (Lipinski definition) is 3. The van der Waals surface area contributed by atoms with Crippen LogP contribution in [0.25, 0.3) is 0 Å². The molecule has 1 amide bonds. The van der Waals surface area contributed by atoms with E-state index in [2.05, 4.69) is 10.2 Å². The van der Waals surface area contributed by atoms with E-state index in [4.69, 9.17) is 17.3 Å². The monoisotopic (exact) mass is 293 g/mol. The smallest absolute Gasteiger partial charge is 0.245 e. The summed E-state index contributed by atoms with van der Waals surface area (Å²) in [7, 11) is 0. The standard InChI is InChI=1S/C15H20ClN3O/c16-11-8-10-12(18-15(20)14(10)17)9-13(11)19-6-4-2-1-3-5-7-19/h8-9,14H,1-7,17H2,(H,18,20). The van der Waals surface area contributed by atoms with E-state index in [1.807, 2.05) is 12.1 Å². The van der Waals surface area contributed by atoms with Gasteiger partial charge in [-0.05, 0) is 25.0 Å². The molecule has 4 nitrogen and oxygen atoms in total. The summed E-state index contributed by atoms with van der Waals surface area (Å²) in [4.78, 5) is 14.0. The predicted molar refractivity (Wildman–Crippen MR) is 82.3 cm³/mol. The number of benzene rings is 1. The molecule has 3 rings (SSSR count). The van der Waals surface area contributed by atoms with Crippen LogP contribution >= 0.6 is 11.6 Å². The van der Waals surface area contributed by atoms with Crippen LogP contribution in [0.3, 0.4) is 0 Å². The molecular weight excluding hydrogens is 274 g/mol. The van der Waals surface area contributed by atoms with E-state index < -0.39 is 6.04 Å². The molecule has 108 valence electrons. The Morgan fingerprint density at radius 1 is 1.15 bits per heavy atom. The van der Waals surface area contributed by atoms with Gasteiger partial charge in [-0.3, -0.25) is 4.79 Å². The zero-order chi connectivity index (χ0) is 14.1. The van der Waals surface area contributed by atoms with Gasteiger partial charge >= 0.3 is 0 Å². The van der Waals surface area contributed by atoms with Gasteiger partial charge < -0.3 is 16.0 Å². The van der Waals surface area contributed by atoms with Gasteiger partial charge in [0.1, 0.15) is 6.04 Å². The molecule has 20 heavy (non-hydrogen) atoms. The molecule has 0 radical (unpaired) electrons. The minimum Gasteiger partial charge on any atom is -0.370 e. The number of nitrogens with one attached hydrogen (secondary N) is 1. The van der Waals surface area contributed by atoms with Crippen molar-refractivity contribution in [3.63, 3.8) is 0 Å². The Morgan fingerprint density at radius 2 is 1.80 bits per heavy atom. The van der Waals surface area contributed by atoms with Crippen molar-refractivity contribution in [1.29, 1.82) is 0 Å². The van der Waals surface area contributed by atoms with Gasteiger partial charge in [0, 0.05) is 24.3 Å². The van der Waals surface area contributed by atoms with Gasteiger partial charge in [-0.25, -0.2) is 0 Å². The fourth-order valence-electron chi connectivity index (χ4n) is 3.03. The van der Waals surface area contributed by atoms with E-state index in [-0.39, 0.29) is 5.91 Å². The van der Waals surface area contributed by atoms with Gasteiger partial charge in [0.2, 0.25) is 5.91 Å². The Labute approximate surface area is 124 Å². The lowest BCUT2D eigenvalue weighted by atomic mass is 10.1. The molecule has 1 unspecified atom stereocenters. The molecule has 5 heteroatoms. The third-order valence-corrected chi connectivity index (χ3v) is 4.49. The van der Waals surface area contributed by atoms with Gasteiger partial charge in [0.15, 0.2) is 0 Å². The second kappa shape index (κ2) is 5.62. The molecule has 3 N–H and O–H groups in total. The highest BCUT2D eigenvalue weighted by atomic mass is 35.5. The summed E-state index contributed by atoms with van der Waals surface area (Å²) in [5.74, 6) is -0.152. The number of nitrogens with zero attached hydrogens (tertiary/aromatic N) is 1. The van der Waals surface area contributed by atoms with E-state index in [1.165, 1.54) is 32.1 Å². The van der Waals surface area contributed by atoms with Crippen molar-refractivity contribution in [3.05, 3.63) is 22.7 Å². The molecule has 1 saturated heterocycles. The average molecular weight is 294 g/mol.